The molecule has 0 N–H and O–H groups in total. The highest BCUT2D eigenvalue weighted by Crippen LogP contribution is 2.31. The van der Waals surface area contributed by atoms with E-state index in [4.69, 9.17) is 0 Å². The monoisotopic (exact) mass is 206 g/mol. The van der Waals surface area contributed by atoms with Gasteiger partial charge in [-0.15, -0.1) is 0 Å². The lowest BCUT2D eigenvalue weighted by Gasteiger charge is -2.01. The standard InChI is InChI=1S/C11H10S2/c1-9-4-2-3-5-11(9)13-10-6-7-12-8-10/h2-8H,1H3. The van der Waals surface area contributed by atoms with E-state index in [0.717, 1.165) is 0 Å². The van der Waals surface area contributed by atoms with Crippen LogP contribution in [0.25, 0.3) is 0 Å². The molecule has 0 aliphatic rings. The van der Waals surface area contributed by atoms with Crippen LogP contribution < -0.4 is 0 Å². The van der Waals surface area contributed by atoms with Crippen molar-refractivity contribution in [3.8, 4) is 0 Å². The molecule has 1 heterocycles. The smallest absolute Gasteiger partial charge is 0.0229 e. The molecule has 66 valence electrons. The van der Waals surface area contributed by atoms with Crippen LogP contribution in [0.15, 0.2) is 50.9 Å². The lowest BCUT2D eigenvalue weighted by Crippen LogP contribution is -1.76. The van der Waals surface area contributed by atoms with Crippen molar-refractivity contribution in [3.05, 3.63) is 46.7 Å². The van der Waals surface area contributed by atoms with E-state index in [9.17, 15) is 0 Å². The predicted octanol–water partition coefficient (Wildman–Crippen LogP) is 4.21. The molecule has 0 fully saturated rings. The normalized spacial score (nSPS) is 10.2. The Morgan fingerprint density at radius 1 is 1.15 bits per heavy atom. The molecule has 0 spiro atoms. The van der Waals surface area contributed by atoms with E-state index in [1.807, 2.05) is 11.8 Å². The summed E-state index contributed by atoms with van der Waals surface area (Å²) in [6.07, 6.45) is 0. The molecule has 0 unspecified atom stereocenters. The van der Waals surface area contributed by atoms with Gasteiger partial charge in [-0.2, -0.15) is 11.3 Å². The summed E-state index contributed by atoms with van der Waals surface area (Å²) in [6.45, 7) is 2.15. The molecule has 2 aromatic rings. The van der Waals surface area contributed by atoms with Gasteiger partial charge < -0.3 is 0 Å². The van der Waals surface area contributed by atoms with Gasteiger partial charge >= 0.3 is 0 Å². The second kappa shape index (κ2) is 3.99. The van der Waals surface area contributed by atoms with Crippen molar-refractivity contribution in [3.63, 3.8) is 0 Å². The van der Waals surface area contributed by atoms with Gasteiger partial charge in [0.2, 0.25) is 0 Å². The summed E-state index contributed by atoms with van der Waals surface area (Å²) in [4.78, 5) is 2.68. The molecular formula is C11H10S2. The Hall–Kier alpha value is -0.730. The van der Waals surface area contributed by atoms with E-state index in [0.29, 0.717) is 0 Å². The van der Waals surface area contributed by atoms with Crippen LogP contribution in [0.5, 0.6) is 0 Å². The van der Waals surface area contributed by atoms with Gasteiger partial charge in [-0.05, 0) is 30.0 Å². The van der Waals surface area contributed by atoms with E-state index in [2.05, 4.69) is 48.0 Å². The zero-order valence-electron chi connectivity index (χ0n) is 7.36. The van der Waals surface area contributed by atoms with Gasteiger partial charge in [0.15, 0.2) is 0 Å². The first-order valence-corrected chi connectivity index (χ1v) is 5.88. The molecule has 13 heavy (non-hydrogen) atoms. The Bertz CT molecular complexity index is 377. The van der Waals surface area contributed by atoms with E-state index < -0.39 is 0 Å². The highest BCUT2D eigenvalue weighted by atomic mass is 32.2. The molecule has 1 aromatic heterocycles. The van der Waals surface area contributed by atoms with Crippen molar-refractivity contribution >= 4 is 23.1 Å². The van der Waals surface area contributed by atoms with Crippen molar-refractivity contribution in [2.24, 2.45) is 0 Å². The van der Waals surface area contributed by atoms with Crippen LogP contribution in [-0.2, 0) is 0 Å². The molecule has 0 aliphatic heterocycles. The second-order valence-electron chi connectivity index (χ2n) is 2.83. The zero-order valence-corrected chi connectivity index (χ0v) is 8.99. The molecule has 0 amide bonds. The summed E-state index contributed by atoms with van der Waals surface area (Å²) in [7, 11) is 0. The van der Waals surface area contributed by atoms with Crippen LogP contribution in [0, 0.1) is 6.92 Å². The predicted molar refractivity (Wildman–Crippen MR) is 59.6 cm³/mol. The summed E-state index contributed by atoms with van der Waals surface area (Å²) in [6, 6.07) is 10.6. The molecule has 0 bridgehead atoms. The van der Waals surface area contributed by atoms with Gasteiger partial charge in [0.05, 0.1) is 0 Å². The van der Waals surface area contributed by atoms with Gasteiger partial charge in [-0.3, -0.25) is 0 Å². The van der Waals surface area contributed by atoms with Gasteiger partial charge in [0.1, 0.15) is 0 Å². The first-order chi connectivity index (χ1) is 6.36. The molecule has 2 heteroatoms. The van der Waals surface area contributed by atoms with Crippen molar-refractivity contribution in [2.45, 2.75) is 16.7 Å². The minimum atomic E-state index is 1.33. The number of aryl methyl sites for hydroxylation is 1. The Morgan fingerprint density at radius 3 is 2.69 bits per heavy atom. The maximum atomic E-state index is 2.18. The van der Waals surface area contributed by atoms with Gasteiger partial charge in [-0.1, -0.05) is 30.0 Å². The van der Waals surface area contributed by atoms with E-state index in [1.165, 1.54) is 15.4 Å². The van der Waals surface area contributed by atoms with Gasteiger partial charge in [-0.25, -0.2) is 0 Å². The van der Waals surface area contributed by atoms with Crippen molar-refractivity contribution in [1.82, 2.24) is 0 Å². The average Bonchev–Trinajstić information content (AvgIpc) is 2.61. The summed E-state index contributed by atoms with van der Waals surface area (Å²) in [5.41, 5.74) is 1.35. The minimum absolute atomic E-state index is 1.33. The van der Waals surface area contributed by atoms with Crippen molar-refractivity contribution in [1.29, 1.82) is 0 Å². The molecule has 2 rings (SSSR count). The highest BCUT2D eigenvalue weighted by Gasteiger charge is 1.99. The molecule has 0 atom stereocenters. The number of benzene rings is 1. The fourth-order valence-corrected chi connectivity index (χ4v) is 2.84. The first-order valence-electron chi connectivity index (χ1n) is 4.12. The molecule has 0 saturated carbocycles. The molecular weight excluding hydrogens is 196 g/mol. The molecule has 0 saturated heterocycles. The van der Waals surface area contributed by atoms with E-state index >= 15 is 0 Å². The Labute approximate surface area is 86.6 Å². The third-order valence-electron chi connectivity index (χ3n) is 1.82. The van der Waals surface area contributed by atoms with Gasteiger partial charge in [0, 0.05) is 15.2 Å². The highest BCUT2D eigenvalue weighted by molar-refractivity contribution is 7.99. The van der Waals surface area contributed by atoms with Crippen molar-refractivity contribution < 1.29 is 0 Å². The maximum absolute atomic E-state index is 2.18. The van der Waals surface area contributed by atoms with Crippen LogP contribution in [0.3, 0.4) is 0 Å². The Morgan fingerprint density at radius 2 is 2.00 bits per heavy atom. The van der Waals surface area contributed by atoms with Crippen LogP contribution in [0.2, 0.25) is 0 Å². The third-order valence-corrected chi connectivity index (χ3v) is 3.82. The maximum Gasteiger partial charge on any atom is 0.0229 e. The summed E-state index contributed by atoms with van der Waals surface area (Å²) >= 11 is 3.58. The molecule has 1 aromatic carbocycles. The quantitative estimate of drug-likeness (QED) is 0.709. The fourth-order valence-electron chi connectivity index (χ4n) is 1.11. The average molecular weight is 206 g/mol. The largest absolute Gasteiger partial charge is 0.151 e. The Kier molecular flexibility index (Phi) is 2.71. The van der Waals surface area contributed by atoms with E-state index in [-0.39, 0.29) is 0 Å². The van der Waals surface area contributed by atoms with Crippen LogP contribution in [0.4, 0.5) is 0 Å². The van der Waals surface area contributed by atoms with Gasteiger partial charge in [0.25, 0.3) is 0 Å². The fraction of sp³-hybridized carbons (Fsp3) is 0.0909. The van der Waals surface area contributed by atoms with Crippen LogP contribution in [-0.4, -0.2) is 0 Å². The van der Waals surface area contributed by atoms with Crippen molar-refractivity contribution in [2.75, 3.05) is 0 Å². The number of thiophene rings is 1. The van der Waals surface area contributed by atoms with Crippen LogP contribution in [0.1, 0.15) is 5.56 Å². The number of hydrogen-bond donors (Lipinski definition) is 0. The SMILES string of the molecule is Cc1ccccc1Sc1ccsc1. The first kappa shape index (κ1) is 8.85. The number of hydrogen-bond acceptors (Lipinski definition) is 2. The third kappa shape index (κ3) is 2.14. The molecule has 0 aliphatic carbocycles. The molecule has 0 nitrogen and oxygen atoms in total. The number of rotatable bonds is 2. The van der Waals surface area contributed by atoms with E-state index in [1.54, 1.807) is 11.3 Å². The zero-order chi connectivity index (χ0) is 9.10. The van der Waals surface area contributed by atoms with Crippen LogP contribution >= 0.6 is 23.1 Å². The minimum Gasteiger partial charge on any atom is -0.151 e. The molecule has 0 radical (unpaired) electrons. The topological polar surface area (TPSA) is 0 Å². The lowest BCUT2D eigenvalue weighted by molar-refractivity contribution is 1.30. The second-order valence-corrected chi connectivity index (χ2v) is 4.72. The summed E-state index contributed by atoms with van der Waals surface area (Å²) in [5, 5.41) is 4.29. The summed E-state index contributed by atoms with van der Waals surface area (Å²) in [5.74, 6) is 0. The Balaban J connectivity index is 2.24. The summed E-state index contributed by atoms with van der Waals surface area (Å²) < 4.78 is 0. The lowest BCUT2D eigenvalue weighted by atomic mass is 10.2.